The smallest absolute Gasteiger partial charge is 0.429 e. The Bertz CT molecular complexity index is 1660. The normalized spacial score (nSPS) is 17.2. The molecule has 0 aliphatic carbocycles. The maximum absolute atomic E-state index is 15.0. The van der Waals surface area contributed by atoms with E-state index >= 15 is 0 Å². The van der Waals surface area contributed by atoms with Gasteiger partial charge in [0.1, 0.15) is 46.2 Å². The van der Waals surface area contributed by atoms with E-state index in [0.717, 1.165) is 18.6 Å². The van der Waals surface area contributed by atoms with Gasteiger partial charge in [-0.3, -0.25) is 0 Å². The Kier molecular flexibility index (Phi) is 8.36. The molecule has 0 amide bonds. The third-order valence-electron chi connectivity index (χ3n) is 7.10. The zero-order valence-electron chi connectivity index (χ0n) is 22.4. The van der Waals surface area contributed by atoms with E-state index in [1.165, 1.54) is 0 Å². The van der Waals surface area contributed by atoms with Crippen LogP contribution in [0, 0.1) is 58.3 Å². The van der Waals surface area contributed by atoms with Gasteiger partial charge in [-0.15, -0.1) is 0 Å². The minimum absolute atomic E-state index is 0.138. The molecule has 1 heterocycles. The summed E-state index contributed by atoms with van der Waals surface area (Å²) < 4.78 is 169. The predicted molar refractivity (Wildman–Crippen MR) is 135 cm³/mol. The van der Waals surface area contributed by atoms with Crippen molar-refractivity contribution in [3.05, 3.63) is 112 Å². The maximum Gasteiger partial charge on any atom is 0.432 e. The number of benzene rings is 4. The summed E-state index contributed by atoms with van der Waals surface area (Å²) in [5.41, 5.74) is -5.53. The number of hydrogen-bond donors (Lipinski definition) is 0. The molecule has 2 nitrogen and oxygen atoms in total. The second-order valence-corrected chi connectivity index (χ2v) is 10.3. The van der Waals surface area contributed by atoms with Crippen molar-refractivity contribution >= 4 is 0 Å². The van der Waals surface area contributed by atoms with Gasteiger partial charge >= 0.3 is 6.11 Å². The van der Waals surface area contributed by atoms with E-state index in [9.17, 15) is 48.3 Å². The van der Waals surface area contributed by atoms with E-state index in [2.05, 4.69) is 4.74 Å². The van der Waals surface area contributed by atoms with Gasteiger partial charge < -0.3 is 9.47 Å². The molecule has 2 unspecified atom stereocenters. The van der Waals surface area contributed by atoms with Crippen LogP contribution < -0.4 is 4.74 Å². The summed E-state index contributed by atoms with van der Waals surface area (Å²) >= 11 is 0. The van der Waals surface area contributed by atoms with Crippen LogP contribution in [0.1, 0.15) is 37.0 Å². The van der Waals surface area contributed by atoms with Crippen LogP contribution >= 0.6 is 0 Å². The van der Waals surface area contributed by atoms with E-state index in [1.54, 1.807) is 0 Å². The third-order valence-corrected chi connectivity index (χ3v) is 7.10. The standard InChI is InChI=1S/C31H19F11O2/c1-13-2-3-26(43-12-13)14-4-18(32)27(19(33)5-14)15-6-22(36)29(23(37)7-15)31(41,42)44-17-10-20(34)28(21(35)11-17)16-8-24(38)30(40)25(39)9-16/h4-11,13,26H,2-3,12H2,1H3. The Balaban J connectivity index is 1.44. The van der Waals surface area contributed by atoms with Gasteiger partial charge in [-0.2, -0.15) is 8.78 Å². The molecule has 0 bridgehead atoms. The average molecular weight is 632 g/mol. The molecule has 232 valence electrons. The quantitative estimate of drug-likeness (QED) is 0.156. The van der Waals surface area contributed by atoms with E-state index in [4.69, 9.17) is 4.74 Å². The first-order valence-corrected chi connectivity index (χ1v) is 13.0. The molecule has 0 N–H and O–H groups in total. The van der Waals surface area contributed by atoms with Crippen molar-refractivity contribution in [2.75, 3.05) is 6.61 Å². The Labute approximate surface area is 242 Å². The lowest BCUT2D eigenvalue weighted by atomic mass is 9.93. The first kappa shape index (κ1) is 31.3. The lowest BCUT2D eigenvalue weighted by Gasteiger charge is -2.27. The average Bonchev–Trinajstić information content (AvgIpc) is 2.90. The highest BCUT2D eigenvalue weighted by atomic mass is 19.3. The summed E-state index contributed by atoms with van der Waals surface area (Å²) in [6, 6.07) is 3.09. The molecule has 1 aliphatic heterocycles. The molecule has 1 saturated heterocycles. The first-order valence-electron chi connectivity index (χ1n) is 13.0. The van der Waals surface area contributed by atoms with Gasteiger partial charge in [-0.1, -0.05) is 6.92 Å². The summed E-state index contributed by atoms with van der Waals surface area (Å²) in [5.74, 6) is -16.4. The molecule has 2 atom stereocenters. The summed E-state index contributed by atoms with van der Waals surface area (Å²) in [7, 11) is 0. The maximum atomic E-state index is 15.0. The molecule has 1 fully saturated rings. The zero-order chi connectivity index (χ0) is 32.1. The fourth-order valence-electron chi connectivity index (χ4n) is 4.98. The van der Waals surface area contributed by atoms with Crippen molar-refractivity contribution in [2.24, 2.45) is 5.92 Å². The number of ether oxygens (including phenoxy) is 2. The summed E-state index contributed by atoms with van der Waals surface area (Å²) in [4.78, 5) is 0. The summed E-state index contributed by atoms with van der Waals surface area (Å²) in [5, 5.41) is 0. The highest BCUT2D eigenvalue weighted by Gasteiger charge is 2.42. The topological polar surface area (TPSA) is 18.5 Å². The number of rotatable bonds is 6. The molecule has 0 aromatic heterocycles. The fourth-order valence-corrected chi connectivity index (χ4v) is 4.98. The van der Waals surface area contributed by atoms with E-state index in [0.29, 0.717) is 13.0 Å². The molecular weight excluding hydrogens is 613 g/mol. The second kappa shape index (κ2) is 11.8. The van der Waals surface area contributed by atoms with Crippen LogP contribution in [0.25, 0.3) is 22.3 Å². The van der Waals surface area contributed by atoms with Crippen LogP contribution in [0.4, 0.5) is 48.3 Å². The van der Waals surface area contributed by atoms with Crippen molar-refractivity contribution in [3.63, 3.8) is 0 Å². The molecule has 5 rings (SSSR count). The van der Waals surface area contributed by atoms with Gasteiger partial charge in [0.15, 0.2) is 17.5 Å². The molecule has 0 radical (unpaired) electrons. The van der Waals surface area contributed by atoms with Crippen LogP contribution in [0.5, 0.6) is 5.75 Å². The van der Waals surface area contributed by atoms with Gasteiger partial charge in [0, 0.05) is 18.7 Å². The molecule has 44 heavy (non-hydrogen) atoms. The zero-order valence-corrected chi connectivity index (χ0v) is 22.4. The van der Waals surface area contributed by atoms with Crippen LogP contribution in [0.15, 0.2) is 48.5 Å². The van der Waals surface area contributed by atoms with Crippen LogP contribution in [0.2, 0.25) is 0 Å². The first-order chi connectivity index (χ1) is 20.7. The third kappa shape index (κ3) is 5.97. The second-order valence-electron chi connectivity index (χ2n) is 10.3. The van der Waals surface area contributed by atoms with E-state index < -0.39 is 98.1 Å². The van der Waals surface area contributed by atoms with E-state index in [1.807, 2.05) is 6.92 Å². The van der Waals surface area contributed by atoms with Gasteiger partial charge in [-0.05, 0) is 71.8 Å². The Hall–Kier alpha value is -4.13. The molecule has 1 aliphatic rings. The van der Waals surface area contributed by atoms with Gasteiger partial charge in [-0.25, -0.2) is 39.5 Å². The van der Waals surface area contributed by atoms with Crippen molar-refractivity contribution in [1.29, 1.82) is 0 Å². The van der Waals surface area contributed by atoms with Crippen molar-refractivity contribution in [2.45, 2.75) is 32.0 Å². The largest absolute Gasteiger partial charge is 0.432 e. The van der Waals surface area contributed by atoms with Crippen molar-refractivity contribution in [3.8, 4) is 28.0 Å². The Morgan fingerprint density at radius 2 is 1.07 bits per heavy atom. The Morgan fingerprint density at radius 3 is 1.52 bits per heavy atom. The summed E-state index contributed by atoms with van der Waals surface area (Å²) in [6.07, 6.45) is -4.33. The van der Waals surface area contributed by atoms with Crippen LogP contribution in [-0.4, -0.2) is 6.61 Å². The highest BCUT2D eigenvalue weighted by Crippen LogP contribution is 2.41. The minimum Gasteiger partial charge on any atom is -0.429 e. The van der Waals surface area contributed by atoms with Gasteiger partial charge in [0.25, 0.3) is 0 Å². The monoisotopic (exact) mass is 632 g/mol. The van der Waals surface area contributed by atoms with Gasteiger partial charge in [0.05, 0.1) is 17.2 Å². The predicted octanol–water partition coefficient (Wildman–Crippen LogP) is 9.89. The summed E-state index contributed by atoms with van der Waals surface area (Å²) in [6.45, 7) is 2.30. The number of alkyl halides is 2. The molecule has 4 aromatic rings. The lowest BCUT2D eigenvalue weighted by molar-refractivity contribution is -0.189. The van der Waals surface area contributed by atoms with Crippen LogP contribution in [0.3, 0.4) is 0 Å². The Morgan fingerprint density at radius 1 is 0.614 bits per heavy atom. The molecular formula is C31H19F11O2. The van der Waals surface area contributed by atoms with Crippen molar-refractivity contribution in [1.82, 2.24) is 0 Å². The number of hydrogen-bond acceptors (Lipinski definition) is 2. The fraction of sp³-hybridized carbons (Fsp3) is 0.226. The molecule has 13 heteroatoms. The minimum atomic E-state index is -4.93. The van der Waals surface area contributed by atoms with Crippen LogP contribution in [-0.2, 0) is 10.8 Å². The van der Waals surface area contributed by atoms with Crippen molar-refractivity contribution < 1.29 is 57.8 Å². The molecule has 0 saturated carbocycles. The van der Waals surface area contributed by atoms with E-state index in [-0.39, 0.29) is 47.9 Å². The SMILES string of the molecule is CC1CCC(c2cc(F)c(-c3cc(F)c(C(F)(F)Oc4cc(F)c(-c5cc(F)c(F)c(F)c5)c(F)c4)c(F)c3)c(F)c2)OC1. The molecule has 0 spiro atoms. The lowest BCUT2D eigenvalue weighted by Crippen LogP contribution is -2.25. The molecule has 4 aromatic carbocycles. The highest BCUT2D eigenvalue weighted by molar-refractivity contribution is 5.67. The van der Waals surface area contributed by atoms with Gasteiger partial charge in [0.2, 0.25) is 0 Å². The number of halogens is 11.